The Balaban J connectivity index is 1.50. The Kier molecular flexibility index (Phi) is 2.96. The zero-order valence-electron chi connectivity index (χ0n) is 13.6. The molecular weight excluding hydrogens is 316 g/mol. The van der Waals surface area contributed by atoms with Crippen molar-refractivity contribution in [2.45, 2.75) is 12.7 Å². The number of rotatable bonds is 3. The normalized spacial score (nSPS) is 18.5. The molecule has 0 N–H and O–H groups in total. The quantitative estimate of drug-likeness (QED) is 0.690. The van der Waals surface area contributed by atoms with Gasteiger partial charge in [-0.2, -0.15) is 10.2 Å². The summed E-state index contributed by atoms with van der Waals surface area (Å²) in [6.45, 7) is 0.623. The Morgan fingerprint density at radius 2 is 2.12 bits per heavy atom. The number of aryl methyl sites for hydroxylation is 1. The molecule has 25 heavy (non-hydrogen) atoms. The van der Waals surface area contributed by atoms with Crippen LogP contribution < -0.4 is 0 Å². The van der Waals surface area contributed by atoms with Crippen LogP contribution in [0.5, 0.6) is 0 Å². The molecule has 0 radical (unpaired) electrons. The van der Waals surface area contributed by atoms with Crippen molar-refractivity contribution in [3.63, 3.8) is 0 Å². The highest BCUT2D eigenvalue weighted by molar-refractivity contribution is 5.80. The molecule has 0 aromatic carbocycles. The van der Waals surface area contributed by atoms with E-state index in [2.05, 4.69) is 31.4 Å². The molecule has 2 aliphatic heterocycles. The van der Waals surface area contributed by atoms with Gasteiger partial charge in [-0.05, 0) is 11.2 Å². The van der Waals surface area contributed by atoms with Crippen LogP contribution in [0, 0.1) is 0 Å². The van der Waals surface area contributed by atoms with Crippen molar-refractivity contribution in [2.24, 2.45) is 17.2 Å². The number of nitrogens with zero attached hydrogens (tertiary/aromatic N) is 8. The van der Waals surface area contributed by atoms with Gasteiger partial charge in [-0.1, -0.05) is 4.70 Å². The standard InChI is InChI=1S/C17H15N8/c1-23-10-13(7-20-23)12-5-16-15(19-6-12)9-22-25(16)11-14-8-21-24-4-2-3-18-17(14)24/h2-10,17H,11H2,1H3/q+1. The van der Waals surface area contributed by atoms with Crippen molar-refractivity contribution in [2.75, 3.05) is 0 Å². The Hall–Kier alpha value is -3.42. The van der Waals surface area contributed by atoms with Crippen LogP contribution in [0.25, 0.3) is 22.2 Å². The summed E-state index contributed by atoms with van der Waals surface area (Å²) in [4.78, 5) is 9.01. The van der Waals surface area contributed by atoms with Gasteiger partial charge in [-0.25, -0.2) is 4.99 Å². The predicted molar refractivity (Wildman–Crippen MR) is 91.9 cm³/mol. The van der Waals surface area contributed by atoms with Crippen LogP contribution in [0.15, 0.2) is 65.0 Å². The Morgan fingerprint density at radius 3 is 3.00 bits per heavy atom. The second-order valence-corrected chi connectivity index (χ2v) is 6.05. The van der Waals surface area contributed by atoms with Crippen molar-refractivity contribution in [1.29, 1.82) is 0 Å². The fourth-order valence-electron chi connectivity index (χ4n) is 3.09. The molecule has 5 rings (SSSR count). The fraction of sp³-hybridized carbons (Fsp3) is 0.176. The minimum Gasteiger partial charge on any atom is -0.275 e. The third kappa shape index (κ3) is 2.30. The van der Waals surface area contributed by atoms with Gasteiger partial charge in [-0.3, -0.25) is 14.3 Å². The van der Waals surface area contributed by atoms with Crippen LogP contribution in [0.2, 0.25) is 0 Å². The van der Waals surface area contributed by atoms with E-state index in [9.17, 15) is 0 Å². The van der Waals surface area contributed by atoms with Gasteiger partial charge < -0.3 is 0 Å². The molecule has 0 amide bonds. The third-order valence-corrected chi connectivity index (χ3v) is 4.36. The summed E-state index contributed by atoms with van der Waals surface area (Å²) in [6.07, 6.45) is 14.9. The van der Waals surface area contributed by atoms with Crippen molar-refractivity contribution in [3.8, 4) is 11.1 Å². The van der Waals surface area contributed by atoms with E-state index in [0.717, 1.165) is 27.7 Å². The smallest absolute Gasteiger partial charge is 0.275 e. The molecule has 122 valence electrons. The van der Waals surface area contributed by atoms with Crippen LogP contribution in [-0.4, -0.2) is 41.6 Å². The van der Waals surface area contributed by atoms with Gasteiger partial charge in [0.2, 0.25) is 6.20 Å². The van der Waals surface area contributed by atoms with Crippen LogP contribution in [0.1, 0.15) is 0 Å². The lowest BCUT2D eigenvalue weighted by Crippen LogP contribution is -2.22. The topological polar surface area (TPSA) is 76.3 Å². The molecule has 3 aromatic rings. The summed E-state index contributed by atoms with van der Waals surface area (Å²) >= 11 is 0. The predicted octanol–water partition coefficient (Wildman–Crippen LogP) is 2.12. The first-order valence-electron chi connectivity index (χ1n) is 7.96. The van der Waals surface area contributed by atoms with Crippen LogP contribution in [0.4, 0.5) is 0 Å². The molecule has 0 bridgehead atoms. The van der Waals surface area contributed by atoms with Crippen LogP contribution >= 0.6 is 0 Å². The van der Waals surface area contributed by atoms with E-state index in [1.807, 2.05) is 53.5 Å². The molecule has 0 saturated carbocycles. The number of aliphatic imine (C=N–C) groups is 1. The Bertz CT molecular complexity index is 1100. The number of pyridine rings is 1. The van der Waals surface area contributed by atoms with Gasteiger partial charge in [0.25, 0.3) is 0 Å². The van der Waals surface area contributed by atoms with Gasteiger partial charge >= 0.3 is 6.17 Å². The number of aromatic nitrogens is 5. The first kappa shape index (κ1) is 14.0. The lowest BCUT2D eigenvalue weighted by Gasteiger charge is -2.08. The number of allylic oxidation sites excluding steroid dienone is 1. The zero-order chi connectivity index (χ0) is 16.8. The largest absolute Gasteiger partial charge is 0.302 e. The molecule has 3 aromatic heterocycles. The molecule has 2 aliphatic rings. The molecular formula is C17H15N8+. The molecule has 0 aliphatic carbocycles. The van der Waals surface area contributed by atoms with E-state index in [4.69, 9.17) is 0 Å². The van der Waals surface area contributed by atoms with Gasteiger partial charge in [0, 0.05) is 42.9 Å². The van der Waals surface area contributed by atoms with Crippen molar-refractivity contribution >= 4 is 17.2 Å². The highest BCUT2D eigenvalue weighted by Gasteiger charge is 2.31. The van der Waals surface area contributed by atoms with Gasteiger partial charge in [0.15, 0.2) is 0 Å². The van der Waals surface area contributed by atoms with Crippen molar-refractivity contribution in [1.82, 2.24) is 24.5 Å². The number of fused-ring (bicyclic) bond motifs is 2. The third-order valence-electron chi connectivity index (χ3n) is 4.36. The molecule has 1 unspecified atom stereocenters. The Labute approximate surface area is 143 Å². The first-order valence-corrected chi connectivity index (χ1v) is 7.96. The molecule has 0 spiro atoms. The average molecular weight is 331 g/mol. The minimum absolute atomic E-state index is 0.0706. The van der Waals surface area contributed by atoms with Gasteiger partial charge in [0.1, 0.15) is 11.7 Å². The summed E-state index contributed by atoms with van der Waals surface area (Å²) in [6, 6.07) is 2.10. The summed E-state index contributed by atoms with van der Waals surface area (Å²) in [5, 5.41) is 13.1. The van der Waals surface area contributed by atoms with E-state index in [-0.39, 0.29) is 6.17 Å². The van der Waals surface area contributed by atoms with Crippen molar-refractivity contribution < 1.29 is 4.70 Å². The van der Waals surface area contributed by atoms with Crippen molar-refractivity contribution in [3.05, 3.63) is 54.9 Å². The SMILES string of the molecule is Cn1cc(-c2cnc3cnn(CC4=CN=[N+]5C=CC=NC45)c3c2)cn1. The van der Waals surface area contributed by atoms with E-state index in [1.54, 1.807) is 17.1 Å². The van der Waals surface area contributed by atoms with Crippen LogP contribution in [0.3, 0.4) is 0 Å². The highest BCUT2D eigenvalue weighted by Crippen LogP contribution is 2.25. The van der Waals surface area contributed by atoms with E-state index in [1.165, 1.54) is 0 Å². The van der Waals surface area contributed by atoms with E-state index in [0.29, 0.717) is 6.54 Å². The van der Waals surface area contributed by atoms with Gasteiger partial charge in [-0.15, -0.1) is 0 Å². The Morgan fingerprint density at radius 1 is 1.16 bits per heavy atom. The summed E-state index contributed by atoms with van der Waals surface area (Å²) in [5.74, 6) is 0. The monoisotopic (exact) mass is 331 g/mol. The van der Waals surface area contributed by atoms with Gasteiger partial charge in [0.05, 0.1) is 30.0 Å². The molecule has 1 atom stereocenters. The first-order chi connectivity index (χ1) is 12.3. The fourth-order valence-corrected chi connectivity index (χ4v) is 3.09. The lowest BCUT2D eigenvalue weighted by atomic mass is 10.1. The maximum absolute atomic E-state index is 4.53. The number of hydrogen-bond acceptors (Lipinski definition) is 5. The average Bonchev–Trinajstić information content (AvgIpc) is 3.35. The molecule has 0 saturated heterocycles. The summed E-state index contributed by atoms with van der Waals surface area (Å²) in [7, 11) is 1.90. The molecule has 8 heteroatoms. The summed E-state index contributed by atoms with van der Waals surface area (Å²) < 4.78 is 5.58. The second kappa shape index (κ2) is 5.30. The lowest BCUT2D eigenvalue weighted by molar-refractivity contribution is -0.547. The molecule has 8 nitrogen and oxygen atoms in total. The second-order valence-electron chi connectivity index (χ2n) is 6.05. The van der Waals surface area contributed by atoms with E-state index < -0.39 is 0 Å². The maximum atomic E-state index is 4.53. The highest BCUT2D eigenvalue weighted by atomic mass is 15.4. The number of hydrogen-bond donors (Lipinski definition) is 0. The zero-order valence-corrected chi connectivity index (χ0v) is 13.6. The number of azo groups is 2. The van der Waals surface area contributed by atoms with Crippen LogP contribution in [-0.2, 0) is 13.6 Å². The maximum Gasteiger partial charge on any atom is 0.302 e. The van der Waals surface area contributed by atoms with E-state index >= 15 is 0 Å². The molecule has 5 heterocycles. The summed E-state index contributed by atoms with van der Waals surface area (Å²) in [5.41, 5.74) is 5.00. The molecule has 0 fully saturated rings. The minimum atomic E-state index is -0.0706.